The highest BCUT2D eigenvalue weighted by Crippen LogP contribution is 2.27. The molecule has 1 fully saturated rings. The highest BCUT2D eigenvalue weighted by molar-refractivity contribution is 5.78. The summed E-state index contributed by atoms with van der Waals surface area (Å²) in [6.45, 7) is 3.29. The van der Waals surface area contributed by atoms with Gasteiger partial charge in [0.2, 0.25) is 5.91 Å². The minimum absolute atomic E-state index is 0.0356. The lowest BCUT2D eigenvalue weighted by Crippen LogP contribution is -2.39. The molecule has 0 aliphatic heterocycles. The SMILES string of the molecule is C#CCC(C)NC(=O)CNCC1CC1. The van der Waals surface area contributed by atoms with E-state index in [0.29, 0.717) is 13.0 Å². The van der Waals surface area contributed by atoms with Crippen molar-refractivity contribution in [2.24, 2.45) is 5.92 Å². The van der Waals surface area contributed by atoms with Crippen molar-refractivity contribution in [1.82, 2.24) is 10.6 Å². The van der Waals surface area contributed by atoms with E-state index < -0.39 is 0 Å². The molecule has 0 bridgehead atoms. The van der Waals surface area contributed by atoms with E-state index in [1.54, 1.807) is 0 Å². The van der Waals surface area contributed by atoms with Crippen LogP contribution in [0.2, 0.25) is 0 Å². The van der Waals surface area contributed by atoms with Gasteiger partial charge in [-0.2, -0.15) is 0 Å². The summed E-state index contributed by atoms with van der Waals surface area (Å²) in [5.74, 6) is 3.37. The average molecular weight is 194 g/mol. The predicted molar refractivity (Wildman–Crippen MR) is 56.6 cm³/mol. The summed E-state index contributed by atoms with van der Waals surface area (Å²) < 4.78 is 0. The number of amides is 1. The van der Waals surface area contributed by atoms with Crippen molar-refractivity contribution in [1.29, 1.82) is 0 Å². The second-order valence-corrected chi connectivity index (χ2v) is 3.95. The van der Waals surface area contributed by atoms with Crippen molar-refractivity contribution < 1.29 is 4.79 Å². The fraction of sp³-hybridized carbons (Fsp3) is 0.727. The molecule has 1 aliphatic rings. The molecule has 14 heavy (non-hydrogen) atoms. The summed E-state index contributed by atoms with van der Waals surface area (Å²) in [6.07, 6.45) is 8.34. The lowest BCUT2D eigenvalue weighted by atomic mass is 10.2. The van der Waals surface area contributed by atoms with Gasteiger partial charge in [0.15, 0.2) is 0 Å². The smallest absolute Gasteiger partial charge is 0.234 e. The van der Waals surface area contributed by atoms with E-state index in [1.165, 1.54) is 12.8 Å². The predicted octanol–water partition coefficient (Wildman–Crippen LogP) is 0.514. The van der Waals surface area contributed by atoms with Crippen molar-refractivity contribution in [3.63, 3.8) is 0 Å². The Kier molecular flexibility index (Phi) is 4.48. The Morgan fingerprint density at radius 1 is 1.64 bits per heavy atom. The zero-order valence-corrected chi connectivity index (χ0v) is 8.68. The van der Waals surface area contributed by atoms with Crippen LogP contribution in [0.1, 0.15) is 26.2 Å². The van der Waals surface area contributed by atoms with E-state index >= 15 is 0 Å². The molecule has 3 heteroatoms. The molecule has 0 heterocycles. The van der Waals surface area contributed by atoms with Gasteiger partial charge in [0, 0.05) is 12.5 Å². The maximum atomic E-state index is 11.3. The standard InChI is InChI=1S/C11H18N2O/c1-3-4-9(2)13-11(14)8-12-7-10-5-6-10/h1,9-10,12H,4-8H2,2H3,(H,13,14). The van der Waals surface area contributed by atoms with Crippen LogP contribution in [-0.4, -0.2) is 25.0 Å². The maximum Gasteiger partial charge on any atom is 0.234 e. The number of nitrogens with one attached hydrogen (secondary N) is 2. The van der Waals surface area contributed by atoms with Crippen molar-refractivity contribution >= 4 is 5.91 Å². The van der Waals surface area contributed by atoms with Crippen LogP contribution in [0.3, 0.4) is 0 Å². The summed E-state index contributed by atoms with van der Waals surface area (Å²) in [4.78, 5) is 11.3. The molecule has 1 unspecified atom stereocenters. The van der Waals surface area contributed by atoms with Crippen LogP contribution in [0.25, 0.3) is 0 Å². The Labute approximate surface area is 85.6 Å². The van der Waals surface area contributed by atoms with Crippen LogP contribution in [0.5, 0.6) is 0 Å². The average Bonchev–Trinajstić information content (AvgIpc) is 2.88. The zero-order valence-electron chi connectivity index (χ0n) is 8.68. The Bertz CT molecular complexity index is 228. The minimum atomic E-state index is 0.0356. The van der Waals surface area contributed by atoms with Gasteiger partial charge in [-0.25, -0.2) is 0 Å². The monoisotopic (exact) mass is 194 g/mol. The second-order valence-electron chi connectivity index (χ2n) is 3.95. The minimum Gasteiger partial charge on any atom is -0.352 e. The Morgan fingerprint density at radius 3 is 2.93 bits per heavy atom. The second kappa shape index (κ2) is 5.66. The molecule has 3 nitrogen and oxygen atoms in total. The number of terminal acetylenes is 1. The third-order valence-corrected chi connectivity index (χ3v) is 2.25. The molecule has 78 valence electrons. The molecule has 2 N–H and O–H groups in total. The van der Waals surface area contributed by atoms with Crippen molar-refractivity contribution in [3.8, 4) is 12.3 Å². The topological polar surface area (TPSA) is 41.1 Å². The van der Waals surface area contributed by atoms with Crippen LogP contribution in [0, 0.1) is 18.3 Å². The van der Waals surface area contributed by atoms with Gasteiger partial charge in [-0.05, 0) is 32.2 Å². The fourth-order valence-corrected chi connectivity index (χ4v) is 1.27. The van der Waals surface area contributed by atoms with Crippen molar-refractivity contribution in [3.05, 3.63) is 0 Å². The molecule has 1 atom stereocenters. The summed E-state index contributed by atoms with van der Waals surface area (Å²) >= 11 is 0. The number of carbonyl (C=O) groups is 1. The molecular weight excluding hydrogens is 176 g/mol. The van der Waals surface area contributed by atoms with E-state index in [2.05, 4.69) is 16.6 Å². The summed E-state index contributed by atoms with van der Waals surface area (Å²) in [5, 5.41) is 5.96. The van der Waals surface area contributed by atoms with Crippen LogP contribution < -0.4 is 10.6 Å². The van der Waals surface area contributed by atoms with Gasteiger partial charge in [0.05, 0.1) is 6.54 Å². The first kappa shape index (κ1) is 11.1. The molecule has 1 aliphatic carbocycles. The van der Waals surface area contributed by atoms with E-state index in [9.17, 15) is 4.79 Å². The Balaban J connectivity index is 1.99. The number of hydrogen-bond donors (Lipinski definition) is 2. The van der Waals surface area contributed by atoms with Crippen LogP contribution in [0.15, 0.2) is 0 Å². The van der Waals surface area contributed by atoms with Gasteiger partial charge < -0.3 is 10.6 Å². The molecule has 0 aromatic heterocycles. The van der Waals surface area contributed by atoms with Gasteiger partial charge in [0.25, 0.3) is 0 Å². The molecular formula is C11H18N2O. The van der Waals surface area contributed by atoms with Gasteiger partial charge in [-0.3, -0.25) is 4.79 Å². The van der Waals surface area contributed by atoms with Gasteiger partial charge in [0.1, 0.15) is 0 Å². The quantitative estimate of drug-likeness (QED) is 0.605. The highest BCUT2D eigenvalue weighted by atomic mass is 16.1. The van der Waals surface area contributed by atoms with Crippen LogP contribution in [-0.2, 0) is 4.79 Å². The molecule has 0 radical (unpaired) electrons. The third kappa shape index (κ3) is 4.88. The third-order valence-electron chi connectivity index (χ3n) is 2.25. The lowest BCUT2D eigenvalue weighted by molar-refractivity contribution is -0.120. The van der Waals surface area contributed by atoms with Crippen LogP contribution in [0.4, 0.5) is 0 Å². The maximum absolute atomic E-state index is 11.3. The molecule has 0 saturated heterocycles. The lowest BCUT2D eigenvalue weighted by Gasteiger charge is -2.11. The Hall–Kier alpha value is -1.01. The molecule has 0 aromatic carbocycles. The number of carbonyl (C=O) groups excluding carboxylic acids is 1. The van der Waals surface area contributed by atoms with E-state index in [0.717, 1.165) is 12.5 Å². The van der Waals surface area contributed by atoms with Gasteiger partial charge in [-0.1, -0.05) is 0 Å². The molecule has 0 aromatic rings. The first-order valence-corrected chi connectivity index (χ1v) is 5.16. The fourth-order valence-electron chi connectivity index (χ4n) is 1.27. The molecule has 1 saturated carbocycles. The van der Waals surface area contributed by atoms with Crippen molar-refractivity contribution in [2.45, 2.75) is 32.2 Å². The van der Waals surface area contributed by atoms with E-state index in [-0.39, 0.29) is 11.9 Å². The van der Waals surface area contributed by atoms with E-state index in [4.69, 9.17) is 6.42 Å². The zero-order chi connectivity index (χ0) is 10.4. The number of hydrogen-bond acceptors (Lipinski definition) is 2. The summed E-state index contributed by atoms with van der Waals surface area (Å²) in [7, 11) is 0. The summed E-state index contributed by atoms with van der Waals surface area (Å²) in [5.41, 5.74) is 0. The summed E-state index contributed by atoms with van der Waals surface area (Å²) in [6, 6.07) is 0.0789. The van der Waals surface area contributed by atoms with Gasteiger partial charge in [-0.15, -0.1) is 12.3 Å². The number of rotatable bonds is 6. The van der Waals surface area contributed by atoms with Crippen molar-refractivity contribution in [2.75, 3.05) is 13.1 Å². The first-order valence-electron chi connectivity index (χ1n) is 5.16. The molecule has 1 rings (SSSR count). The normalized spacial score (nSPS) is 17.1. The highest BCUT2D eigenvalue weighted by Gasteiger charge is 2.20. The van der Waals surface area contributed by atoms with Gasteiger partial charge >= 0.3 is 0 Å². The first-order chi connectivity index (χ1) is 6.72. The van der Waals surface area contributed by atoms with E-state index in [1.807, 2.05) is 6.92 Å². The Morgan fingerprint density at radius 2 is 2.36 bits per heavy atom. The molecule has 0 spiro atoms. The largest absolute Gasteiger partial charge is 0.352 e. The van der Waals surface area contributed by atoms with Crippen LogP contribution >= 0.6 is 0 Å². The molecule has 1 amide bonds.